The normalized spacial score (nSPS) is 14.2. The van der Waals surface area contributed by atoms with Crippen molar-refractivity contribution in [2.24, 2.45) is 10.9 Å². The molecule has 1 aliphatic rings. The van der Waals surface area contributed by atoms with Gasteiger partial charge in [0.15, 0.2) is 5.96 Å². The maximum atomic E-state index is 13.7. The minimum absolute atomic E-state index is 0.109. The first-order valence-corrected chi connectivity index (χ1v) is 10.2. The van der Waals surface area contributed by atoms with Crippen LogP contribution in [0.25, 0.3) is 0 Å². The van der Waals surface area contributed by atoms with E-state index in [0.29, 0.717) is 24.6 Å². The number of halogens is 1. The number of carbonyl (C=O) groups is 1. The van der Waals surface area contributed by atoms with Crippen molar-refractivity contribution in [3.05, 3.63) is 65.0 Å². The Bertz CT molecular complexity index is 877. The Morgan fingerprint density at radius 3 is 2.66 bits per heavy atom. The summed E-state index contributed by atoms with van der Waals surface area (Å²) in [6.07, 6.45) is 3.11. The van der Waals surface area contributed by atoms with Gasteiger partial charge in [0.05, 0.1) is 6.54 Å². The van der Waals surface area contributed by atoms with E-state index in [4.69, 9.17) is 0 Å². The molecule has 5 nitrogen and oxygen atoms in total. The third-order valence-corrected chi connectivity index (χ3v) is 5.13. The second-order valence-corrected chi connectivity index (χ2v) is 7.45. The zero-order valence-electron chi connectivity index (χ0n) is 17.1. The van der Waals surface area contributed by atoms with Crippen LogP contribution in [0.1, 0.15) is 42.9 Å². The van der Waals surface area contributed by atoms with Crippen LogP contribution in [0.5, 0.6) is 0 Å². The summed E-state index contributed by atoms with van der Waals surface area (Å²) in [5, 5.41) is 9.43. The van der Waals surface area contributed by atoms with E-state index in [1.54, 1.807) is 19.1 Å². The van der Waals surface area contributed by atoms with Crippen LogP contribution in [0.2, 0.25) is 0 Å². The maximum Gasteiger partial charge on any atom is 0.227 e. The summed E-state index contributed by atoms with van der Waals surface area (Å²) in [6, 6.07) is 13.0. The minimum Gasteiger partial charge on any atom is -0.357 e. The number of nitrogens with zero attached hydrogens (tertiary/aromatic N) is 1. The molecule has 0 spiro atoms. The number of carbonyl (C=O) groups excluding carboxylic acids is 1. The maximum absolute atomic E-state index is 13.7. The lowest BCUT2D eigenvalue weighted by atomic mass is 9.85. The molecule has 29 heavy (non-hydrogen) atoms. The summed E-state index contributed by atoms with van der Waals surface area (Å²) in [4.78, 5) is 16.7. The summed E-state index contributed by atoms with van der Waals surface area (Å²) in [5.41, 5.74) is 3.32. The molecule has 0 bridgehead atoms. The van der Waals surface area contributed by atoms with Gasteiger partial charge < -0.3 is 16.0 Å². The molecule has 3 rings (SSSR count). The van der Waals surface area contributed by atoms with E-state index in [1.165, 1.54) is 0 Å². The van der Waals surface area contributed by atoms with E-state index >= 15 is 0 Å². The molecule has 1 aliphatic carbocycles. The molecule has 1 fully saturated rings. The number of aryl methyl sites for hydroxylation is 1. The molecule has 1 amide bonds. The topological polar surface area (TPSA) is 65.5 Å². The number of guanidine groups is 1. The van der Waals surface area contributed by atoms with E-state index in [-0.39, 0.29) is 17.6 Å². The first-order chi connectivity index (χ1) is 14.0. The molecule has 0 atom stereocenters. The number of hydrogen-bond acceptors (Lipinski definition) is 2. The van der Waals surface area contributed by atoms with Crippen molar-refractivity contribution in [1.29, 1.82) is 0 Å². The second kappa shape index (κ2) is 10.0. The third-order valence-electron chi connectivity index (χ3n) is 5.13. The van der Waals surface area contributed by atoms with Crippen molar-refractivity contribution >= 4 is 17.6 Å². The first kappa shape index (κ1) is 20.8. The van der Waals surface area contributed by atoms with Gasteiger partial charge in [0.2, 0.25) is 5.91 Å². The van der Waals surface area contributed by atoms with Crippen molar-refractivity contribution in [2.75, 3.05) is 11.9 Å². The first-order valence-electron chi connectivity index (χ1n) is 10.2. The van der Waals surface area contributed by atoms with Crippen LogP contribution < -0.4 is 16.0 Å². The predicted octanol–water partition coefficient (Wildman–Crippen LogP) is 4.13. The van der Waals surface area contributed by atoms with Crippen LogP contribution in [0.3, 0.4) is 0 Å². The molecule has 0 radical (unpaired) electrons. The van der Waals surface area contributed by atoms with Crippen LogP contribution in [0.4, 0.5) is 10.1 Å². The van der Waals surface area contributed by atoms with Crippen molar-refractivity contribution in [3.63, 3.8) is 0 Å². The lowest BCUT2D eigenvalue weighted by molar-refractivity contribution is -0.122. The van der Waals surface area contributed by atoms with Gasteiger partial charge in [-0.15, -0.1) is 0 Å². The molecule has 0 aliphatic heterocycles. The molecule has 2 aromatic carbocycles. The smallest absolute Gasteiger partial charge is 0.227 e. The van der Waals surface area contributed by atoms with Crippen molar-refractivity contribution in [3.8, 4) is 0 Å². The quantitative estimate of drug-likeness (QED) is 0.487. The molecule has 0 saturated heterocycles. The molecule has 6 heteroatoms. The molecule has 0 aromatic heterocycles. The molecule has 154 valence electrons. The van der Waals surface area contributed by atoms with Crippen LogP contribution in [-0.4, -0.2) is 18.4 Å². The molecule has 0 unspecified atom stereocenters. The Labute approximate surface area is 171 Å². The lowest BCUT2D eigenvalue weighted by Crippen LogP contribution is -2.36. The zero-order chi connectivity index (χ0) is 20.6. The van der Waals surface area contributed by atoms with E-state index < -0.39 is 0 Å². The van der Waals surface area contributed by atoms with E-state index in [0.717, 1.165) is 42.6 Å². The van der Waals surface area contributed by atoms with E-state index in [2.05, 4.69) is 20.9 Å². The highest BCUT2D eigenvalue weighted by atomic mass is 19.1. The highest BCUT2D eigenvalue weighted by molar-refractivity contribution is 5.93. The van der Waals surface area contributed by atoms with Crippen LogP contribution in [-0.2, 0) is 17.9 Å². The van der Waals surface area contributed by atoms with Gasteiger partial charge in [-0.3, -0.25) is 4.79 Å². The van der Waals surface area contributed by atoms with E-state index in [1.807, 2.05) is 37.3 Å². The zero-order valence-corrected chi connectivity index (χ0v) is 17.1. The molecule has 0 heterocycles. The van der Waals surface area contributed by atoms with Gasteiger partial charge in [0.1, 0.15) is 5.82 Å². The second-order valence-electron chi connectivity index (χ2n) is 7.45. The largest absolute Gasteiger partial charge is 0.357 e. The highest BCUT2D eigenvalue weighted by Crippen LogP contribution is 2.27. The van der Waals surface area contributed by atoms with Crippen molar-refractivity contribution in [1.82, 2.24) is 10.6 Å². The fourth-order valence-electron chi connectivity index (χ4n) is 3.11. The van der Waals surface area contributed by atoms with Gasteiger partial charge in [0.25, 0.3) is 0 Å². The third kappa shape index (κ3) is 6.04. The monoisotopic (exact) mass is 396 g/mol. The van der Waals surface area contributed by atoms with Gasteiger partial charge in [-0.2, -0.15) is 0 Å². The molecular weight excluding hydrogens is 367 g/mol. The Morgan fingerprint density at radius 1 is 1.14 bits per heavy atom. The molecular formula is C23H29FN4O. The van der Waals surface area contributed by atoms with E-state index in [9.17, 15) is 9.18 Å². The average Bonchev–Trinajstić information content (AvgIpc) is 2.65. The number of nitrogens with one attached hydrogen (secondary N) is 3. The van der Waals surface area contributed by atoms with Gasteiger partial charge in [-0.1, -0.05) is 30.7 Å². The Balaban J connectivity index is 1.59. The minimum atomic E-state index is -0.202. The van der Waals surface area contributed by atoms with Crippen LogP contribution in [0, 0.1) is 18.7 Å². The number of amides is 1. The number of hydrogen-bond donors (Lipinski definition) is 3. The van der Waals surface area contributed by atoms with Gasteiger partial charge in [0, 0.05) is 24.7 Å². The Hall–Kier alpha value is -2.89. The number of benzene rings is 2. The molecule has 1 saturated carbocycles. The van der Waals surface area contributed by atoms with Crippen molar-refractivity contribution < 1.29 is 9.18 Å². The number of aliphatic imine (C=N–C) groups is 1. The Kier molecular flexibility index (Phi) is 7.22. The van der Waals surface area contributed by atoms with Gasteiger partial charge >= 0.3 is 0 Å². The standard InChI is InChI=1S/C23H29FN4O/c1-3-25-23(27-15-18-11-10-16(2)21(24)13-18)26-14-17-6-4-9-20(12-17)28-22(29)19-7-5-8-19/h4,6,9-13,19H,3,5,7-8,14-15H2,1-2H3,(H,28,29)(H2,25,26,27). The molecule has 3 N–H and O–H groups in total. The number of anilines is 1. The summed E-state index contributed by atoms with van der Waals surface area (Å²) < 4.78 is 13.7. The number of rotatable bonds is 7. The van der Waals surface area contributed by atoms with Crippen LogP contribution in [0.15, 0.2) is 47.5 Å². The summed E-state index contributed by atoms with van der Waals surface area (Å²) in [5.74, 6) is 0.731. The fourth-order valence-corrected chi connectivity index (χ4v) is 3.11. The lowest BCUT2D eigenvalue weighted by Gasteiger charge is -2.24. The van der Waals surface area contributed by atoms with Crippen molar-refractivity contribution in [2.45, 2.75) is 46.2 Å². The summed E-state index contributed by atoms with van der Waals surface area (Å²) in [6.45, 7) is 5.44. The molecule has 2 aromatic rings. The van der Waals surface area contributed by atoms with Gasteiger partial charge in [-0.25, -0.2) is 9.38 Å². The predicted molar refractivity (Wildman–Crippen MR) is 115 cm³/mol. The SMILES string of the molecule is CCNC(=NCc1cccc(NC(=O)C2CCC2)c1)NCc1ccc(C)c(F)c1. The highest BCUT2D eigenvalue weighted by Gasteiger charge is 2.25. The fraction of sp³-hybridized carbons (Fsp3) is 0.391. The summed E-state index contributed by atoms with van der Waals surface area (Å²) in [7, 11) is 0. The average molecular weight is 397 g/mol. The van der Waals surface area contributed by atoms with Crippen LogP contribution >= 0.6 is 0 Å². The Morgan fingerprint density at radius 2 is 1.97 bits per heavy atom. The summed E-state index contributed by atoms with van der Waals surface area (Å²) >= 11 is 0. The van der Waals surface area contributed by atoms with Gasteiger partial charge in [-0.05, 0) is 61.6 Å².